The average molecular weight is 286 g/mol. The van der Waals surface area contributed by atoms with Gasteiger partial charge in [0.15, 0.2) is 6.10 Å². The fourth-order valence-corrected chi connectivity index (χ4v) is 1.15. The highest BCUT2D eigenvalue weighted by Gasteiger charge is 2.38. The molecule has 0 radical (unpaired) electrons. The number of nitrogens with one attached hydrogen (secondary N) is 1. The first-order valence-corrected chi connectivity index (χ1v) is 5.35. The lowest BCUT2D eigenvalue weighted by molar-refractivity contribution is -0.150. The zero-order valence-corrected chi connectivity index (χ0v) is 10.7. The highest BCUT2D eigenvalue weighted by molar-refractivity contribution is 5.80. The molecule has 2 atom stereocenters. The SMILES string of the molecule is CC(C)(C)OC(=O)NC(CC(F)(F)F)C(O)C(N)=O. The summed E-state index contributed by atoms with van der Waals surface area (Å²) in [4.78, 5) is 22.0. The molecule has 0 aliphatic heterocycles. The Hall–Kier alpha value is -1.51. The van der Waals surface area contributed by atoms with Gasteiger partial charge in [0.25, 0.3) is 0 Å². The van der Waals surface area contributed by atoms with E-state index >= 15 is 0 Å². The number of aliphatic hydroxyl groups excluding tert-OH is 1. The maximum atomic E-state index is 12.3. The molecule has 9 heteroatoms. The van der Waals surface area contributed by atoms with Gasteiger partial charge in [-0.3, -0.25) is 4.79 Å². The van der Waals surface area contributed by atoms with Crippen molar-refractivity contribution in [2.24, 2.45) is 5.73 Å². The Kier molecular flexibility index (Phi) is 5.61. The van der Waals surface area contributed by atoms with Crippen molar-refractivity contribution in [1.29, 1.82) is 0 Å². The molecule has 19 heavy (non-hydrogen) atoms. The molecule has 0 saturated heterocycles. The van der Waals surface area contributed by atoms with E-state index in [2.05, 4.69) is 0 Å². The Morgan fingerprint density at radius 1 is 1.32 bits per heavy atom. The molecule has 0 aromatic heterocycles. The summed E-state index contributed by atoms with van der Waals surface area (Å²) < 4.78 is 41.5. The molecule has 0 heterocycles. The zero-order valence-electron chi connectivity index (χ0n) is 10.7. The summed E-state index contributed by atoms with van der Waals surface area (Å²) >= 11 is 0. The van der Waals surface area contributed by atoms with Crippen molar-refractivity contribution in [3.05, 3.63) is 0 Å². The lowest BCUT2D eigenvalue weighted by Gasteiger charge is -2.26. The lowest BCUT2D eigenvalue weighted by Crippen LogP contribution is -2.52. The van der Waals surface area contributed by atoms with Crippen LogP contribution >= 0.6 is 0 Å². The minimum atomic E-state index is -4.68. The van der Waals surface area contributed by atoms with Crippen molar-refractivity contribution in [2.45, 2.75) is 51.1 Å². The fourth-order valence-electron chi connectivity index (χ4n) is 1.15. The zero-order chi connectivity index (χ0) is 15.4. The van der Waals surface area contributed by atoms with Crippen LogP contribution < -0.4 is 11.1 Å². The first kappa shape index (κ1) is 17.5. The molecule has 0 rings (SSSR count). The molecule has 4 N–H and O–H groups in total. The molecule has 0 fully saturated rings. The van der Waals surface area contributed by atoms with Crippen LogP contribution in [-0.4, -0.2) is 41.0 Å². The predicted octanol–water partition coefficient (Wildman–Crippen LogP) is 0.678. The number of amides is 2. The number of hydrogen-bond donors (Lipinski definition) is 3. The number of ether oxygens (including phenoxy) is 1. The number of primary amides is 1. The van der Waals surface area contributed by atoms with Crippen molar-refractivity contribution < 1.29 is 32.6 Å². The number of halogens is 3. The van der Waals surface area contributed by atoms with Crippen LogP contribution in [0.3, 0.4) is 0 Å². The molecule has 6 nitrogen and oxygen atoms in total. The van der Waals surface area contributed by atoms with Crippen molar-refractivity contribution in [2.75, 3.05) is 0 Å². The molecule has 0 aliphatic rings. The quantitative estimate of drug-likeness (QED) is 0.707. The maximum Gasteiger partial charge on any atom is 0.407 e. The molecule has 0 bridgehead atoms. The summed E-state index contributed by atoms with van der Waals surface area (Å²) in [5.74, 6) is -1.37. The highest BCUT2D eigenvalue weighted by Crippen LogP contribution is 2.23. The number of rotatable bonds is 4. The van der Waals surface area contributed by atoms with E-state index in [1.807, 2.05) is 0 Å². The van der Waals surface area contributed by atoms with Gasteiger partial charge in [-0.25, -0.2) is 4.79 Å². The monoisotopic (exact) mass is 286 g/mol. The number of carbonyl (C=O) groups excluding carboxylic acids is 2. The first-order chi connectivity index (χ1) is 8.32. The standard InChI is InChI=1S/C10H17F3N2O4/c1-9(2,3)19-8(18)15-5(4-10(11,12)13)6(16)7(14)17/h5-6,16H,4H2,1-3H3,(H2,14,17)(H,15,18). The lowest BCUT2D eigenvalue weighted by atomic mass is 10.1. The molecule has 112 valence electrons. The van der Waals surface area contributed by atoms with E-state index in [1.165, 1.54) is 20.8 Å². The molecule has 2 amide bonds. The third kappa shape index (κ3) is 8.25. The van der Waals surface area contributed by atoms with E-state index in [4.69, 9.17) is 10.5 Å². The predicted molar refractivity (Wildman–Crippen MR) is 59.0 cm³/mol. The fraction of sp³-hybridized carbons (Fsp3) is 0.800. The van der Waals surface area contributed by atoms with E-state index in [9.17, 15) is 27.9 Å². The number of alkyl halides is 3. The largest absolute Gasteiger partial charge is 0.444 e. The Balaban J connectivity index is 4.77. The van der Waals surface area contributed by atoms with E-state index in [-0.39, 0.29) is 0 Å². The second kappa shape index (κ2) is 6.09. The molecule has 0 aromatic rings. The van der Waals surface area contributed by atoms with Gasteiger partial charge in [0.1, 0.15) is 5.60 Å². The van der Waals surface area contributed by atoms with Crippen LogP contribution in [0.4, 0.5) is 18.0 Å². The van der Waals surface area contributed by atoms with Gasteiger partial charge >= 0.3 is 12.3 Å². The minimum absolute atomic E-state index is 0.926. The summed E-state index contributed by atoms with van der Waals surface area (Å²) in [6.07, 6.45) is -9.62. The number of aliphatic hydroxyl groups is 1. The van der Waals surface area contributed by atoms with Crippen LogP contribution in [0.2, 0.25) is 0 Å². The molecule has 0 saturated carbocycles. The Labute approximate surface area is 108 Å². The molecular formula is C10H17F3N2O4. The van der Waals surface area contributed by atoms with Gasteiger partial charge in [-0.2, -0.15) is 13.2 Å². The van der Waals surface area contributed by atoms with Crippen molar-refractivity contribution in [3.8, 4) is 0 Å². The number of carbonyl (C=O) groups is 2. The summed E-state index contributed by atoms with van der Waals surface area (Å²) in [6, 6.07) is -1.90. The smallest absolute Gasteiger partial charge is 0.407 e. The summed E-state index contributed by atoms with van der Waals surface area (Å²) in [5.41, 5.74) is 3.78. The average Bonchev–Trinajstić information content (AvgIpc) is 2.09. The molecular weight excluding hydrogens is 269 g/mol. The number of hydrogen-bond acceptors (Lipinski definition) is 4. The Bertz CT molecular complexity index is 339. The Morgan fingerprint density at radius 3 is 2.11 bits per heavy atom. The molecule has 0 aromatic carbocycles. The third-order valence-electron chi connectivity index (χ3n) is 1.83. The summed E-state index contributed by atoms with van der Waals surface area (Å²) in [6.45, 7) is 4.53. The van der Waals surface area contributed by atoms with Crippen LogP contribution in [0.15, 0.2) is 0 Å². The normalized spacial score (nSPS) is 15.5. The first-order valence-electron chi connectivity index (χ1n) is 5.35. The molecule has 0 aliphatic carbocycles. The van der Waals surface area contributed by atoms with Crippen LogP contribution in [0.25, 0.3) is 0 Å². The molecule has 0 spiro atoms. The summed E-state index contributed by atoms with van der Waals surface area (Å²) in [7, 11) is 0. The van der Waals surface area contributed by atoms with Gasteiger partial charge in [0, 0.05) is 0 Å². The topological polar surface area (TPSA) is 102 Å². The van der Waals surface area contributed by atoms with Crippen molar-refractivity contribution in [3.63, 3.8) is 0 Å². The molecule has 2 unspecified atom stereocenters. The van der Waals surface area contributed by atoms with Crippen LogP contribution in [-0.2, 0) is 9.53 Å². The van der Waals surface area contributed by atoms with Gasteiger partial charge in [-0.1, -0.05) is 0 Å². The second-order valence-corrected chi connectivity index (χ2v) is 4.92. The van der Waals surface area contributed by atoms with E-state index in [0.717, 1.165) is 0 Å². The highest BCUT2D eigenvalue weighted by atomic mass is 19.4. The number of alkyl carbamates (subject to hydrolysis) is 1. The Morgan fingerprint density at radius 2 is 1.79 bits per heavy atom. The van der Waals surface area contributed by atoms with Gasteiger partial charge in [0.2, 0.25) is 5.91 Å². The van der Waals surface area contributed by atoms with Gasteiger partial charge in [0.05, 0.1) is 12.5 Å². The maximum absolute atomic E-state index is 12.3. The van der Waals surface area contributed by atoms with E-state index in [1.54, 1.807) is 5.32 Å². The van der Waals surface area contributed by atoms with E-state index < -0.39 is 42.3 Å². The van der Waals surface area contributed by atoms with Crippen molar-refractivity contribution >= 4 is 12.0 Å². The third-order valence-corrected chi connectivity index (χ3v) is 1.83. The summed E-state index contributed by atoms with van der Waals surface area (Å²) in [5, 5.41) is 11.0. The van der Waals surface area contributed by atoms with Crippen molar-refractivity contribution in [1.82, 2.24) is 5.32 Å². The van der Waals surface area contributed by atoms with E-state index in [0.29, 0.717) is 0 Å². The minimum Gasteiger partial charge on any atom is -0.444 e. The van der Waals surface area contributed by atoms with Gasteiger partial charge in [-0.05, 0) is 20.8 Å². The van der Waals surface area contributed by atoms with Crippen LogP contribution in [0, 0.1) is 0 Å². The van der Waals surface area contributed by atoms with Crippen LogP contribution in [0.1, 0.15) is 27.2 Å². The number of nitrogens with two attached hydrogens (primary N) is 1. The van der Waals surface area contributed by atoms with Crippen LogP contribution in [0.5, 0.6) is 0 Å². The van der Waals surface area contributed by atoms with Gasteiger partial charge in [-0.15, -0.1) is 0 Å². The van der Waals surface area contributed by atoms with Gasteiger partial charge < -0.3 is 20.9 Å². The second-order valence-electron chi connectivity index (χ2n) is 4.92.